The molecule has 0 radical (unpaired) electrons. The third-order valence-corrected chi connectivity index (χ3v) is 11.2. The fourth-order valence-electron chi connectivity index (χ4n) is 8.96. The molecule has 51 heavy (non-hydrogen) atoms. The first kappa shape index (κ1) is 29.5. The minimum Gasteiger partial charge on any atom is -0.369 e. The summed E-state index contributed by atoms with van der Waals surface area (Å²) in [6.45, 7) is 0. The summed E-state index contributed by atoms with van der Waals surface area (Å²) in [6, 6.07) is 37.0. The summed E-state index contributed by atoms with van der Waals surface area (Å²) in [5.74, 6) is 0.349. The Hall–Kier alpha value is -6.38. The Bertz CT molecular complexity index is 2570. The molecule has 244 valence electrons. The van der Waals surface area contributed by atoms with Gasteiger partial charge in [-0.15, -0.1) is 0 Å². The van der Waals surface area contributed by atoms with Crippen LogP contribution in [0.25, 0.3) is 38.5 Å². The van der Waals surface area contributed by atoms with E-state index < -0.39 is 0 Å². The molecule has 5 heteroatoms. The Balaban J connectivity index is 1.14. The topological polar surface area (TPSA) is 48.1 Å². The predicted octanol–water partition coefficient (Wildman–Crippen LogP) is 9.94. The van der Waals surface area contributed by atoms with Crippen molar-refractivity contribution < 1.29 is 0 Å². The van der Waals surface area contributed by atoms with Gasteiger partial charge in [0, 0.05) is 76.4 Å². The number of nitriles is 1. The van der Waals surface area contributed by atoms with Crippen LogP contribution in [0.3, 0.4) is 0 Å². The number of anilines is 1. The molecule has 6 aromatic rings. The van der Waals surface area contributed by atoms with E-state index in [2.05, 4.69) is 166 Å². The number of hydrogen-bond donors (Lipinski definition) is 0. The van der Waals surface area contributed by atoms with E-state index in [-0.39, 0.29) is 23.9 Å². The second-order valence-corrected chi connectivity index (χ2v) is 14.0. The van der Waals surface area contributed by atoms with Gasteiger partial charge >= 0.3 is 0 Å². The van der Waals surface area contributed by atoms with E-state index in [0.717, 1.165) is 12.1 Å². The van der Waals surface area contributed by atoms with Gasteiger partial charge in [0.15, 0.2) is 0 Å². The molecule has 2 aromatic heterocycles. The molecule has 4 aromatic carbocycles. The van der Waals surface area contributed by atoms with Crippen molar-refractivity contribution in [2.75, 3.05) is 11.9 Å². The molecule has 2 aliphatic carbocycles. The van der Waals surface area contributed by atoms with E-state index in [4.69, 9.17) is 0 Å². The van der Waals surface area contributed by atoms with Gasteiger partial charge in [-0.2, -0.15) is 5.26 Å². The number of likely N-dealkylation sites (N-methyl/N-ethyl adjacent to an activating group) is 1. The molecule has 4 aliphatic rings. The van der Waals surface area contributed by atoms with Crippen molar-refractivity contribution in [2.45, 2.75) is 30.3 Å². The molecule has 0 saturated heterocycles. The van der Waals surface area contributed by atoms with Gasteiger partial charge in [-0.05, 0) is 71.5 Å². The smallest absolute Gasteiger partial charge is 0.0991 e. The SMILES string of the molecule is CN1C=C(N2c3ccccc3-c3c(n(-c4ccc(C#N)cc4)c4ccccc34)C3C=CC=CC32)C=C2CC(c3cccc4cnccc34)C=CC21. The van der Waals surface area contributed by atoms with Gasteiger partial charge in [0.25, 0.3) is 0 Å². The highest BCUT2D eigenvalue weighted by atomic mass is 15.2. The van der Waals surface area contributed by atoms with Crippen molar-refractivity contribution in [1.82, 2.24) is 14.5 Å². The molecular weight excluding hydrogens is 623 g/mol. The van der Waals surface area contributed by atoms with E-state index in [1.165, 1.54) is 61.0 Å². The maximum absolute atomic E-state index is 9.58. The van der Waals surface area contributed by atoms with Crippen LogP contribution < -0.4 is 4.90 Å². The van der Waals surface area contributed by atoms with Crippen LogP contribution in [0.1, 0.15) is 35.1 Å². The number of allylic oxidation sites excluding steroid dienone is 4. The minimum absolute atomic E-state index is 0.0346. The van der Waals surface area contributed by atoms with E-state index in [9.17, 15) is 5.26 Å². The largest absolute Gasteiger partial charge is 0.369 e. The summed E-state index contributed by atoms with van der Waals surface area (Å²) in [5.41, 5.74) is 11.8. The zero-order chi connectivity index (χ0) is 34.1. The number of pyridine rings is 1. The van der Waals surface area contributed by atoms with E-state index in [1.54, 1.807) is 0 Å². The van der Waals surface area contributed by atoms with E-state index >= 15 is 0 Å². The highest BCUT2D eigenvalue weighted by Gasteiger charge is 2.40. The van der Waals surface area contributed by atoms with Crippen molar-refractivity contribution in [3.05, 3.63) is 186 Å². The van der Waals surface area contributed by atoms with Crippen LogP contribution >= 0.6 is 0 Å². The van der Waals surface area contributed by atoms with Crippen LogP contribution in [0.5, 0.6) is 0 Å². The molecule has 0 bridgehead atoms. The monoisotopic (exact) mass is 657 g/mol. The first-order valence-corrected chi connectivity index (χ1v) is 17.7. The molecule has 4 unspecified atom stereocenters. The predicted molar refractivity (Wildman–Crippen MR) is 207 cm³/mol. The molecule has 4 atom stereocenters. The highest BCUT2D eigenvalue weighted by Crippen LogP contribution is 2.52. The highest BCUT2D eigenvalue weighted by molar-refractivity contribution is 6.04. The van der Waals surface area contributed by atoms with Gasteiger partial charge in [0.2, 0.25) is 0 Å². The molecule has 10 rings (SSSR count). The van der Waals surface area contributed by atoms with Crippen molar-refractivity contribution in [1.29, 1.82) is 5.26 Å². The van der Waals surface area contributed by atoms with Crippen molar-refractivity contribution in [3.8, 4) is 22.9 Å². The van der Waals surface area contributed by atoms with E-state index in [0.29, 0.717) is 5.56 Å². The maximum Gasteiger partial charge on any atom is 0.0991 e. The second-order valence-electron chi connectivity index (χ2n) is 14.0. The Kier molecular flexibility index (Phi) is 6.72. The van der Waals surface area contributed by atoms with Gasteiger partial charge < -0.3 is 14.4 Å². The second kappa shape index (κ2) is 11.6. The van der Waals surface area contributed by atoms with Gasteiger partial charge in [0.1, 0.15) is 0 Å². The van der Waals surface area contributed by atoms with E-state index in [1.807, 2.05) is 24.5 Å². The van der Waals surface area contributed by atoms with Crippen LogP contribution in [-0.4, -0.2) is 33.6 Å². The average Bonchev–Trinajstić information content (AvgIpc) is 3.46. The standard InChI is InChI=1S/C46H35N5/c1-49-29-35(26-33-25-31(19-22-41(33)49)36-13-8-9-32-28-48-24-23-37(32)36)50-42-14-5-2-10-38(42)45-39-11-3-6-15-43(39)51(34-20-17-30(27-47)18-21-34)46(45)40-12-4-7-16-44(40)50/h2-24,26,28-29,31,40-41,44H,25H2,1H3. The normalized spacial score (nSPS) is 21.6. The summed E-state index contributed by atoms with van der Waals surface area (Å²) < 4.78 is 2.43. The zero-order valence-electron chi connectivity index (χ0n) is 28.3. The Morgan fingerprint density at radius 2 is 1.65 bits per heavy atom. The van der Waals surface area contributed by atoms with Crippen molar-refractivity contribution in [2.24, 2.45) is 0 Å². The van der Waals surface area contributed by atoms with Crippen LogP contribution in [-0.2, 0) is 0 Å². The van der Waals surface area contributed by atoms with Crippen LogP contribution in [0.15, 0.2) is 169 Å². The zero-order valence-corrected chi connectivity index (χ0v) is 28.3. The number of fused-ring (bicyclic) bond motifs is 9. The maximum atomic E-state index is 9.58. The first-order chi connectivity index (χ1) is 25.2. The number of hydrogen-bond acceptors (Lipinski definition) is 4. The van der Waals surface area contributed by atoms with Gasteiger partial charge in [0.05, 0.1) is 34.9 Å². The van der Waals surface area contributed by atoms with Crippen molar-refractivity contribution in [3.63, 3.8) is 0 Å². The molecule has 4 heterocycles. The lowest BCUT2D eigenvalue weighted by Crippen LogP contribution is -2.41. The Labute approximate surface area is 297 Å². The molecule has 5 nitrogen and oxygen atoms in total. The first-order valence-electron chi connectivity index (χ1n) is 17.7. The van der Waals surface area contributed by atoms with Gasteiger partial charge in [-0.1, -0.05) is 91.1 Å². The number of nitrogens with zero attached hydrogens (tertiary/aromatic N) is 5. The van der Waals surface area contributed by atoms with Gasteiger partial charge in [-0.3, -0.25) is 4.98 Å². The number of benzene rings is 4. The molecular formula is C46H35N5. The molecule has 0 spiro atoms. The lowest BCUT2D eigenvalue weighted by molar-refractivity contribution is 0.393. The number of rotatable bonds is 3. The lowest BCUT2D eigenvalue weighted by Gasteiger charge is -2.42. The average molecular weight is 658 g/mol. The molecule has 0 fully saturated rings. The van der Waals surface area contributed by atoms with Gasteiger partial charge in [-0.25, -0.2) is 0 Å². The lowest BCUT2D eigenvalue weighted by atomic mass is 9.80. The quantitative estimate of drug-likeness (QED) is 0.178. The summed E-state index contributed by atoms with van der Waals surface area (Å²) in [7, 11) is 2.21. The Morgan fingerprint density at radius 1 is 0.804 bits per heavy atom. The number of aromatic nitrogens is 2. The van der Waals surface area contributed by atoms with Crippen LogP contribution in [0.2, 0.25) is 0 Å². The third kappa shape index (κ3) is 4.57. The summed E-state index contributed by atoms with van der Waals surface area (Å²) in [6.07, 6.45) is 23.6. The fourth-order valence-corrected chi connectivity index (χ4v) is 8.96. The Morgan fingerprint density at radius 3 is 2.55 bits per heavy atom. The summed E-state index contributed by atoms with van der Waals surface area (Å²) in [5, 5.41) is 13.3. The van der Waals surface area contributed by atoms with Crippen LogP contribution in [0, 0.1) is 11.3 Å². The summed E-state index contributed by atoms with van der Waals surface area (Å²) in [4.78, 5) is 9.34. The minimum atomic E-state index is 0.0346. The van der Waals surface area contributed by atoms with Crippen molar-refractivity contribution >= 4 is 27.4 Å². The third-order valence-electron chi connectivity index (χ3n) is 11.2. The molecule has 0 N–H and O–H groups in total. The molecule has 0 amide bonds. The fraction of sp³-hybridized carbons (Fsp3) is 0.130. The summed E-state index contributed by atoms with van der Waals surface area (Å²) >= 11 is 0. The molecule has 2 aliphatic heterocycles. The van der Waals surface area contributed by atoms with Crippen LogP contribution in [0.4, 0.5) is 5.69 Å². The molecule has 0 saturated carbocycles. The number of para-hydroxylation sites is 2.